The summed E-state index contributed by atoms with van der Waals surface area (Å²) < 4.78 is 7.24. The zero-order chi connectivity index (χ0) is 45.9. The lowest BCUT2D eigenvalue weighted by atomic mass is 9.89. The molecule has 1 aliphatic rings. The van der Waals surface area contributed by atoms with Crippen molar-refractivity contribution in [3.8, 4) is 50.4 Å². The summed E-state index contributed by atoms with van der Waals surface area (Å²) in [5.74, 6) is 0.197. The number of nitrogens with zero attached hydrogens (tertiary/aromatic N) is 3. The Morgan fingerprint density at radius 3 is 0.957 bits per heavy atom. The van der Waals surface area contributed by atoms with E-state index in [2.05, 4.69) is 268 Å². The van der Waals surface area contributed by atoms with Gasteiger partial charge in [-0.3, -0.25) is 0 Å². The van der Waals surface area contributed by atoms with Crippen molar-refractivity contribution >= 4 is 65.4 Å². The molecule has 0 saturated carbocycles. The highest BCUT2D eigenvalue weighted by molar-refractivity contribution is 6.14. The Labute approximate surface area is 405 Å². The monoisotopic (exact) mass is 889 g/mol. The van der Waals surface area contributed by atoms with Crippen LogP contribution in [-0.2, 0) is 0 Å². The average Bonchev–Trinajstić information content (AvgIpc) is 4.16. The van der Waals surface area contributed by atoms with E-state index in [0.717, 1.165) is 5.69 Å². The first-order chi connectivity index (χ1) is 34.7. The number of hydrogen-bond donors (Lipinski definition) is 0. The molecule has 15 rings (SSSR count). The summed E-state index contributed by atoms with van der Waals surface area (Å²) in [5.41, 5.74) is 22.2. The number of hydrogen-bond acceptors (Lipinski definition) is 0. The van der Waals surface area contributed by atoms with Crippen LogP contribution >= 0.6 is 0 Å². The number of rotatable bonds is 6. The van der Waals surface area contributed by atoms with Gasteiger partial charge in [0.2, 0.25) is 0 Å². The third kappa shape index (κ3) is 5.76. The van der Waals surface area contributed by atoms with Crippen LogP contribution in [0.2, 0.25) is 0 Å². The van der Waals surface area contributed by atoms with Crippen molar-refractivity contribution in [3.63, 3.8) is 0 Å². The van der Waals surface area contributed by atoms with E-state index in [9.17, 15) is 0 Å². The molecule has 3 nitrogen and oxygen atoms in total. The smallest absolute Gasteiger partial charge is 0.0541 e. The Morgan fingerprint density at radius 2 is 0.543 bits per heavy atom. The van der Waals surface area contributed by atoms with Gasteiger partial charge in [0.25, 0.3) is 0 Å². The largest absolute Gasteiger partial charge is 0.309 e. The molecular formula is C67H43N3. The van der Waals surface area contributed by atoms with E-state index in [1.54, 1.807) is 0 Å². The van der Waals surface area contributed by atoms with Gasteiger partial charge >= 0.3 is 0 Å². The van der Waals surface area contributed by atoms with Crippen LogP contribution in [0.5, 0.6) is 0 Å². The first-order valence-electron chi connectivity index (χ1n) is 24.3. The van der Waals surface area contributed by atoms with Crippen LogP contribution in [0.1, 0.15) is 22.6 Å². The Bertz CT molecular complexity index is 4140. The van der Waals surface area contributed by atoms with Gasteiger partial charge in [0.1, 0.15) is 0 Å². The van der Waals surface area contributed by atoms with Gasteiger partial charge < -0.3 is 13.7 Å². The molecule has 11 aromatic carbocycles. The standard InChI is InChI=1S/C67H43N3/c1-3-15-48(16-4-1)68-61-25-13-11-21-53(61)57-39-44(29-35-63(57)68)46-31-37-65-59(41-46)60-42-47(45-30-36-64-58(40-45)54-22-12-14-26-62(54)69(64)49-17-5-2-6-18-49)32-38-66(60)70(65)50-33-27-43(28-34-50)67-55-23-9-7-19-51(55)52-20-8-10-24-56(52)67/h1-42,67H. The zero-order valence-corrected chi connectivity index (χ0v) is 38.2. The third-order valence-electron chi connectivity index (χ3n) is 15.1. The maximum atomic E-state index is 2.46. The fourth-order valence-corrected chi connectivity index (χ4v) is 12.0. The van der Waals surface area contributed by atoms with E-state index in [4.69, 9.17) is 0 Å². The van der Waals surface area contributed by atoms with Crippen LogP contribution in [-0.4, -0.2) is 13.7 Å². The molecule has 326 valence electrons. The van der Waals surface area contributed by atoms with Gasteiger partial charge in [0.05, 0.1) is 33.1 Å². The van der Waals surface area contributed by atoms with Gasteiger partial charge in [0.15, 0.2) is 0 Å². The quantitative estimate of drug-likeness (QED) is 0.158. The molecule has 70 heavy (non-hydrogen) atoms. The lowest BCUT2D eigenvalue weighted by molar-refractivity contribution is 1.01. The molecule has 0 unspecified atom stereocenters. The minimum atomic E-state index is 0.197. The van der Waals surface area contributed by atoms with Gasteiger partial charge in [-0.05, 0) is 147 Å². The number of aromatic nitrogens is 3. The first-order valence-corrected chi connectivity index (χ1v) is 24.3. The summed E-state index contributed by atoms with van der Waals surface area (Å²) in [7, 11) is 0. The van der Waals surface area contributed by atoms with Crippen LogP contribution in [0, 0.1) is 0 Å². The summed E-state index contributed by atoms with van der Waals surface area (Å²) in [5, 5.41) is 7.46. The number of benzene rings is 11. The average molecular weight is 890 g/mol. The highest BCUT2D eigenvalue weighted by Gasteiger charge is 2.29. The molecule has 0 spiro atoms. The van der Waals surface area contributed by atoms with Crippen molar-refractivity contribution in [3.05, 3.63) is 271 Å². The van der Waals surface area contributed by atoms with E-state index in [1.165, 1.54) is 127 Å². The van der Waals surface area contributed by atoms with Crippen molar-refractivity contribution in [1.82, 2.24) is 13.7 Å². The number of para-hydroxylation sites is 4. The Kier molecular flexibility index (Phi) is 8.42. The van der Waals surface area contributed by atoms with Crippen molar-refractivity contribution in [2.75, 3.05) is 0 Å². The second-order valence-electron chi connectivity index (χ2n) is 18.8. The summed E-state index contributed by atoms with van der Waals surface area (Å²) in [4.78, 5) is 0. The molecular weight excluding hydrogens is 847 g/mol. The van der Waals surface area contributed by atoms with E-state index >= 15 is 0 Å². The summed E-state index contributed by atoms with van der Waals surface area (Å²) in [6.45, 7) is 0. The Balaban J connectivity index is 0.909. The third-order valence-corrected chi connectivity index (χ3v) is 15.1. The van der Waals surface area contributed by atoms with Crippen molar-refractivity contribution in [2.45, 2.75) is 5.92 Å². The van der Waals surface area contributed by atoms with Crippen molar-refractivity contribution < 1.29 is 0 Å². The minimum absolute atomic E-state index is 0.197. The Morgan fingerprint density at radius 1 is 0.229 bits per heavy atom. The van der Waals surface area contributed by atoms with Crippen molar-refractivity contribution in [1.29, 1.82) is 0 Å². The van der Waals surface area contributed by atoms with Crippen LogP contribution < -0.4 is 0 Å². The van der Waals surface area contributed by atoms with E-state index in [-0.39, 0.29) is 5.92 Å². The second-order valence-corrected chi connectivity index (χ2v) is 18.8. The summed E-state index contributed by atoms with van der Waals surface area (Å²) >= 11 is 0. The lowest BCUT2D eigenvalue weighted by Gasteiger charge is -2.16. The molecule has 0 amide bonds. The predicted octanol–water partition coefficient (Wildman–Crippen LogP) is 17.5. The molecule has 0 radical (unpaired) electrons. The summed E-state index contributed by atoms with van der Waals surface area (Å²) in [6, 6.07) is 94.3. The molecule has 0 aliphatic heterocycles. The normalized spacial score (nSPS) is 12.5. The molecule has 3 heteroatoms. The molecule has 0 N–H and O–H groups in total. The topological polar surface area (TPSA) is 14.8 Å². The van der Waals surface area contributed by atoms with Gasteiger partial charge in [0, 0.05) is 55.3 Å². The molecule has 1 aliphatic carbocycles. The SMILES string of the molecule is c1ccc(-n2c3ccccc3c3cc(-c4ccc5c(c4)c4cc(-c6ccc7c(c6)c6ccccc6n7-c6ccccc6)ccc4n5-c4ccc(C5c6ccccc6-c6ccccc65)cc4)ccc32)cc1. The minimum Gasteiger partial charge on any atom is -0.309 e. The van der Waals surface area contributed by atoms with Gasteiger partial charge in [-0.2, -0.15) is 0 Å². The molecule has 0 bridgehead atoms. The maximum absolute atomic E-state index is 2.46. The van der Waals surface area contributed by atoms with Gasteiger partial charge in [-0.25, -0.2) is 0 Å². The zero-order valence-electron chi connectivity index (χ0n) is 38.2. The molecule has 0 saturated heterocycles. The molecule has 3 heterocycles. The van der Waals surface area contributed by atoms with Crippen LogP contribution in [0.25, 0.3) is 116 Å². The van der Waals surface area contributed by atoms with Crippen LogP contribution in [0.15, 0.2) is 255 Å². The second kappa shape index (κ2) is 15.2. The van der Waals surface area contributed by atoms with Crippen LogP contribution in [0.4, 0.5) is 0 Å². The fourth-order valence-electron chi connectivity index (χ4n) is 12.0. The number of fused-ring (bicyclic) bond motifs is 12. The van der Waals surface area contributed by atoms with E-state index in [1.807, 2.05) is 0 Å². The Hall–Kier alpha value is -9.18. The highest BCUT2D eigenvalue weighted by Crippen LogP contribution is 2.48. The molecule has 14 aromatic rings. The van der Waals surface area contributed by atoms with E-state index in [0.29, 0.717) is 0 Å². The highest BCUT2D eigenvalue weighted by atomic mass is 15.0. The van der Waals surface area contributed by atoms with Gasteiger partial charge in [-0.15, -0.1) is 0 Å². The maximum Gasteiger partial charge on any atom is 0.0541 e. The molecule has 3 aromatic heterocycles. The van der Waals surface area contributed by atoms with Crippen LogP contribution in [0.3, 0.4) is 0 Å². The predicted molar refractivity (Wildman–Crippen MR) is 293 cm³/mol. The first kappa shape index (κ1) is 38.9. The fraction of sp³-hybridized carbons (Fsp3) is 0.0149. The van der Waals surface area contributed by atoms with Gasteiger partial charge in [-0.1, -0.05) is 158 Å². The van der Waals surface area contributed by atoms with Crippen molar-refractivity contribution in [2.24, 2.45) is 0 Å². The molecule has 0 atom stereocenters. The summed E-state index contributed by atoms with van der Waals surface area (Å²) in [6.07, 6.45) is 0. The van der Waals surface area contributed by atoms with E-state index < -0.39 is 0 Å². The molecule has 0 fully saturated rings. The lowest BCUT2D eigenvalue weighted by Crippen LogP contribution is -2.00.